The summed E-state index contributed by atoms with van der Waals surface area (Å²) in [5, 5.41) is 8.79. The maximum Gasteiger partial charge on any atom is 0.242 e. The number of likely N-dealkylation sites (N-methyl/N-ethyl adjacent to an activating group) is 1. The quantitative estimate of drug-likeness (QED) is 0.776. The van der Waals surface area contributed by atoms with Gasteiger partial charge in [-0.15, -0.1) is 0 Å². The summed E-state index contributed by atoms with van der Waals surface area (Å²) < 4.78 is 0. The van der Waals surface area contributed by atoms with Gasteiger partial charge in [-0.2, -0.15) is 5.26 Å². The summed E-state index contributed by atoms with van der Waals surface area (Å²) >= 11 is 0. The first-order chi connectivity index (χ1) is 10.5. The van der Waals surface area contributed by atoms with Gasteiger partial charge in [0.2, 0.25) is 5.91 Å². The molecule has 0 atom stereocenters. The fraction of sp³-hybridized carbons (Fsp3) is 0.588. The van der Waals surface area contributed by atoms with Gasteiger partial charge in [0.15, 0.2) is 0 Å². The molecule has 1 aliphatic rings. The second-order valence-electron chi connectivity index (χ2n) is 6.37. The van der Waals surface area contributed by atoms with Crippen molar-refractivity contribution in [2.24, 2.45) is 5.92 Å². The Morgan fingerprint density at radius 3 is 2.68 bits per heavy atom. The van der Waals surface area contributed by atoms with Crippen molar-refractivity contribution in [3.05, 3.63) is 23.9 Å². The number of nitriles is 1. The first-order valence-electron chi connectivity index (χ1n) is 7.88. The van der Waals surface area contributed by atoms with E-state index in [9.17, 15) is 4.79 Å². The van der Waals surface area contributed by atoms with Crippen molar-refractivity contribution >= 4 is 11.7 Å². The van der Waals surface area contributed by atoms with Crippen molar-refractivity contribution in [3.63, 3.8) is 0 Å². The summed E-state index contributed by atoms with van der Waals surface area (Å²) in [6.07, 6.45) is 4.83. The van der Waals surface area contributed by atoms with Crippen molar-refractivity contribution in [3.8, 4) is 6.07 Å². The van der Waals surface area contributed by atoms with E-state index in [0.29, 0.717) is 29.9 Å². The third-order valence-electron chi connectivity index (χ3n) is 3.90. The average molecular weight is 300 g/mol. The number of rotatable bonds is 7. The maximum absolute atomic E-state index is 12.5. The predicted octanol–water partition coefficient (Wildman–Crippen LogP) is 2.43. The highest BCUT2D eigenvalue weighted by Crippen LogP contribution is 2.27. The van der Waals surface area contributed by atoms with E-state index in [4.69, 9.17) is 5.26 Å². The van der Waals surface area contributed by atoms with Crippen LogP contribution >= 0.6 is 0 Å². The van der Waals surface area contributed by atoms with Crippen LogP contribution in [0.2, 0.25) is 0 Å². The number of nitrogens with zero attached hydrogens (tertiary/aromatic N) is 4. The highest BCUT2D eigenvalue weighted by atomic mass is 16.2. The second-order valence-corrected chi connectivity index (χ2v) is 6.37. The number of carbonyl (C=O) groups excluding carboxylic acids is 1. The van der Waals surface area contributed by atoms with Crippen molar-refractivity contribution in [2.75, 3.05) is 25.0 Å². The summed E-state index contributed by atoms with van der Waals surface area (Å²) in [7, 11) is 1.86. The highest BCUT2D eigenvalue weighted by Gasteiger charge is 2.32. The predicted molar refractivity (Wildman–Crippen MR) is 86.4 cm³/mol. The molecule has 1 aromatic heterocycles. The molecule has 2 rings (SSSR count). The SMILES string of the molecule is CC(C)CCN(C(=O)CN(C)c1ccc(C#N)cn1)C1CC1. The van der Waals surface area contributed by atoms with Crippen LogP contribution < -0.4 is 4.90 Å². The largest absolute Gasteiger partial charge is 0.350 e. The van der Waals surface area contributed by atoms with E-state index < -0.39 is 0 Å². The minimum Gasteiger partial charge on any atom is -0.350 e. The molecule has 0 spiro atoms. The third-order valence-corrected chi connectivity index (χ3v) is 3.90. The zero-order chi connectivity index (χ0) is 16.1. The maximum atomic E-state index is 12.5. The first-order valence-corrected chi connectivity index (χ1v) is 7.88. The summed E-state index contributed by atoms with van der Waals surface area (Å²) in [6, 6.07) is 5.99. The van der Waals surface area contributed by atoms with Gasteiger partial charge < -0.3 is 9.80 Å². The molecule has 5 heteroatoms. The molecule has 0 unspecified atom stereocenters. The van der Waals surface area contributed by atoms with E-state index in [-0.39, 0.29) is 5.91 Å². The summed E-state index contributed by atoms with van der Waals surface area (Å²) in [4.78, 5) is 20.6. The van der Waals surface area contributed by atoms with Crippen LogP contribution in [0.15, 0.2) is 18.3 Å². The van der Waals surface area contributed by atoms with Gasteiger partial charge in [0.05, 0.1) is 12.1 Å². The second kappa shape index (κ2) is 7.26. The van der Waals surface area contributed by atoms with Crippen LogP contribution in [0.25, 0.3) is 0 Å². The molecule has 1 fully saturated rings. The molecular formula is C17H24N4O. The Morgan fingerprint density at radius 1 is 1.45 bits per heavy atom. The van der Waals surface area contributed by atoms with E-state index in [1.54, 1.807) is 12.1 Å². The summed E-state index contributed by atoms with van der Waals surface area (Å²) in [5.41, 5.74) is 0.528. The molecule has 0 saturated heterocycles. The third kappa shape index (κ3) is 4.45. The topological polar surface area (TPSA) is 60.2 Å². The Morgan fingerprint density at radius 2 is 2.18 bits per heavy atom. The van der Waals surface area contributed by atoms with Gasteiger partial charge in [0.25, 0.3) is 0 Å². The van der Waals surface area contributed by atoms with Gasteiger partial charge in [-0.05, 0) is 37.3 Å². The Hall–Kier alpha value is -2.09. The van der Waals surface area contributed by atoms with E-state index >= 15 is 0 Å². The Bertz CT molecular complexity index is 543. The molecule has 1 aliphatic carbocycles. The number of carbonyl (C=O) groups is 1. The molecule has 118 valence electrons. The number of pyridine rings is 1. The molecule has 22 heavy (non-hydrogen) atoms. The van der Waals surface area contributed by atoms with Crippen molar-refractivity contribution in [1.29, 1.82) is 5.26 Å². The molecule has 1 aromatic rings. The van der Waals surface area contributed by atoms with E-state index in [0.717, 1.165) is 25.8 Å². The van der Waals surface area contributed by atoms with Crippen LogP contribution in [0, 0.1) is 17.2 Å². The summed E-state index contributed by atoms with van der Waals surface area (Å²) in [5.74, 6) is 1.48. The summed E-state index contributed by atoms with van der Waals surface area (Å²) in [6.45, 7) is 5.54. The van der Waals surface area contributed by atoms with Crippen LogP contribution in [-0.2, 0) is 4.79 Å². The van der Waals surface area contributed by atoms with Gasteiger partial charge >= 0.3 is 0 Å². The lowest BCUT2D eigenvalue weighted by Crippen LogP contribution is -2.41. The van der Waals surface area contributed by atoms with Gasteiger partial charge in [-0.25, -0.2) is 4.98 Å². The molecular weight excluding hydrogens is 276 g/mol. The molecule has 5 nitrogen and oxygen atoms in total. The minimum atomic E-state index is 0.164. The van der Waals surface area contributed by atoms with Gasteiger partial charge in [-0.1, -0.05) is 13.8 Å². The van der Waals surface area contributed by atoms with E-state index in [1.165, 1.54) is 6.20 Å². The Labute approximate surface area is 132 Å². The number of hydrogen-bond acceptors (Lipinski definition) is 4. The molecule has 0 radical (unpaired) electrons. The van der Waals surface area contributed by atoms with Crippen LogP contribution in [0.4, 0.5) is 5.82 Å². The number of aromatic nitrogens is 1. The molecule has 0 bridgehead atoms. The number of anilines is 1. The Kier molecular flexibility index (Phi) is 5.37. The minimum absolute atomic E-state index is 0.164. The van der Waals surface area contributed by atoms with Crippen LogP contribution in [-0.4, -0.2) is 42.0 Å². The fourth-order valence-electron chi connectivity index (χ4n) is 2.35. The number of hydrogen-bond donors (Lipinski definition) is 0. The molecule has 0 aromatic carbocycles. The normalized spacial score (nSPS) is 13.8. The first kappa shape index (κ1) is 16.3. The molecule has 1 heterocycles. The fourth-order valence-corrected chi connectivity index (χ4v) is 2.35. The highest BCUT2D eigenvalue weighted by molar-refractivity contribution is 5.81. The lowest BCUT2D eigenvalue weighted by molar-refractivity contribution is -0.130. The van der Waals surface area contributed by atoms with Gasteiger partial charge in [0.1, 0.15) is 11.9 Å². The average Bonchev–Trinajstić information content (AvgIpc) is 3.32. The molecule has 1 amide bonds. The number of amides is 1. The van der Waals surface area contributed by atoms with Crippen molar-refractivity contribution in [1.82, 2.24) is 9.88 Å². The Balaban J connectivity index is 1.94. The smallest absolute Gasteiger partial charge is 0.242 e. The lowest BCUT2D eigenvalue weighted by atomic mass is 10.1. The van der Waals surface area contributed by atoms with E-state index in [1.807, 2.05) is 22.9 Å². The van der Waals surface area contributed by atoms with Crippen LogP contribution in [0.5, 0.6) is 0 Å². The lowest BCUT2D eigenvalue weighted by Gasteiger charge is -2.26. The standard InChI is InChI=1S/C17H24N4O/c1-13(2)8-9-21(15-5-6-15)17(22)12-20(3)16-7-4-14(10-18)11-19-16/h4,7,11,13,15H,5-6,8-9,12H2,1-3H3. The zero-order valence-corrected chi connectivity index (χ0v) is 13.6. The monoisotopic (exact) mass is 300 g/mol. The molecule has 0 aliphatic heterocycles. The van der Waals surface area contributed by atoms with Crippen molar-refractivity contribution in [2.45, 2.75) is 39.2 Å². The molecule has 1 saturated carbocycles. The zero-order valence-electron chi connectivity index (χ0n) is 13.6. The van der Waals surface area contributed by atoms with Crippen LogP contribution in [0.3, 0.4) is 0 Å². The van der Waals surface area contributed by atoms with Gasteiger partial charge in [-0.3, -0.25) is 4.79 Å². The van der Waals surface area contributed by atoms with Crippen molar-refractivity contribution < 1.29 is 4.79 Å². The van der Waals surface area contributed by atoms with E-state index in [2.05, 4.69) is 18.8 Å². The molecule has 0 N–H and O–H groups in total. The van der Waals surface area contributed by atoms with Gasteiger partial charge in [0, 0.05) is 25.8 Å². The van der Waals surface area contributed by atoms with Crippen LogP contribution in [0.1, 0.15) is 38.7 Å².